The number of hydrogen-bond acceptors (Lipinski definition) is 3. The average molecular weight is 320 g/mol. The fourth-order valence-corrected chi connectivity index (χ4v) is 5.62. The molecule has 1 unspecified atom stereocenters. The van der Waals surface area contributed by atoms with Gasteiger partial charge in [0.2, 0.25) is 0 Å². The van der Waals surface area contributed by atoms with Gasteiger partial charge in [0.15, 0.2) is 0 Å². The zero-order valence-electron chi connectivity index (χ0n) is 12.8. The van der Waals surface area contributed by atoms with E-state index in [1.807, 2.05) is 11.3 Å². The van der Waals surface area contributed by atoms with Gasteiger partial charge in [0, 0.05) is 21.7 Å². The smallest absolute Gasteiger partial charge is 0.0345 e. The van der Waals surface area contributed by atoms with Gasteiger partial charge in [0.25, 0.3) is 0 Å². The van der Waals surface area contributed by atoms with Crippen molar-refractivity contribution in [2.45, 2.75) is 49.8 Å². The van der Waals surface area contributed by atoms with E-state index in [0.717, 1.165) is 11.7 Å². The quantitative estimate of drug-likeness (QED) is 0.795. The van der Waals surface area contributed by atoms with Crippen molar-refractivity contribution in [2.24, 2.45) is 0 Å². The van der Waals surface area contributed by atoms with Crippen molar-refractivity contribution < 1.29 is 0 Å². The summed E-state index contributed by atoms with van der Waals surface area (Å²) in [6.07, 6.45) is 8.35. The molecule has 0 amide bonds. The highest BCUT2D eigenvalue weighted by Gasteiger charge is 2.17. The van der Waals surface area contributed by atoms with Gasteiger partial charge in [-0.1, -0.05) is 37.5 Å². The fourth-order valence-electron chi connectivity index (χ4n) is 3.18. The van der Waals surface area contributed by atoms with Gasteiger partial charge in [-0.3, -0.25) is 0 Å². The number of hydrogen-bond donors (Lipinski definition) is 1. The third kappa shape index (κ3) is 4.02. The molecule has 1 fully saturated rings. The molecule has 1 aromatic heterocycles. The molecular formula is C18H25NS2. The standard InChI is InChI=1S/C18H25NS2/c1-19-15(13-20-16-7-3-2-4-8-16)11-14-12-21-18-10-6-5-9-17(14)18/h5-6,9-10,12,15-16,19H,2-4,7-8,11,13H2,1H3. The first-order valence-electron chi connectivity index (χ1n) is 8.11. The molecule has 0 bridgehead atoms. The zero-order valence-corrected chi connectivity index (χ0v) is 14.4. The lowest BCUT2D eigenvalue weighted by Crippen LogP contribution is -2.31. The van der Waals surface area contributed by atoms with Gasteiger partial charge in [-0.25, -0.2) is 0 Å². The monoisotopic (exact) mass is 319 g/mol. The second kappa shape index (κ2) is 7.66. The number of thiophene rings is 1. The van der Waals surface area contributed by atoms with E-state index >= 15 is 0 Å². The van der Waals surface area contributed by atoms with E-state index in [-0.39, 0.29) is 0 Å². The Labute approximate surface area is 136 Å². The van der Waals surface area contributed by atoms with E-state index in [1.165, 1.54) is 53.5 Å². The number of likely N-dealkylation sites (N-methyl/N-ethyl adjacent to an activating group) is 1. The highest BCUT2D eigenvalue weighted by atomic mass is 32.2. The van der Waals surface area contributed by atoms with E-state index in [0.29, 0.717) is 6.04 Å². The second-order valence-electron chi connectivity index (χ2n) is 6.04. The number of nitrogens with one attached hydrogen (secondary N) is 1. The Bertz CT molecular complexity index is 557. The second-order valence-corrected chi connectivity index (χ2v) is 8.28. The maximum atomic E-state index is 3.53. The Morgan fingerprint density at radius 2 is 2.05 bits per heavy atom. The lowest BCUT2D eigenvalue weighted by molar-refractivity contribution is 0.514. The third-order valence-corrected chi connectivity index (χ3v) is 7.07. The Morgan fingerprint density at radius 3 is 2.86 bits per heavy atom. The molecule has 1 aliphatic rings. The Morgan fingerprint density at radius 1 is 1.24 bits per heavy atom. The van der Waals surface area contributed by atoms with Gasteiger partial charge < -0.3 is 5.32 Å². The summed E-state index contributed by atoms with van der Waals surface area (Å²) in [4.78, 5) is 0. The first-order valence-corrected chi connectivity index (χ1v) is 10.0. The molecule has 0 saturated heterocycles. The van der Waals surface area contributed by atoms with Crippen LogP contribution in [0.2, 0.25) is 0 Å². The van der Waals surface area contributed by atoms with Crippen molar-refractivity contribution in [3.8, 4) is 0 Å². The lowest BCUT2D eigenvalue weighted by atomic mass is 10.0. The van der Waals surface area contributed by atoms with E-state index in [1.54, 1.807) is 0 Å². The van der Waals surface area contributed by atoms with Crippen LogP contribution in [0.25, 0.3) is 10.1 Å². The predicted molar refractivity (Wildman–Crippen MR) is 97.7 cm³/mol. The van der Waals surface area contributed by atoms with Gasteiger partial charge >= 0.3 is 0 Å². The molecule has 3 rings (SSSR count). The summed E-state index contributed by atoms with van der Waals surface area (Å²) in [6.45, 7) is 0. The summed E-state index contributed by atoms with van der Waals surface area (Å²) in [7, 11) is 2.11. The normalized spacial score (nSPS) is 18.1. The first kappa shape index (κ1) is 15.4. The molecule has 1 aromatic carbocycles. The molecule has 1 saturated carbocycles. The molecule has 1 N–H and O–H groups in total. The molecule has 1 heterocycles. The van der Waals surface area contributed by atoms with Crippen LogP contribution in [0.3, 0.4) is 0 Å². The van der Waals surface area contributed by atoms with E-state index < -0.39 is 0 Å². The Balaban J connectivity index is 1.58. The van der Waals surface area contributed by atoms with Crippen molar-refractivity contribution in [2.75, 3.05) is 12.8 Å². The van der Waals surface area contributed by atoms with Crippen LogP contribution < -0.4 is 5.32 Å². The molecule has 114 valence electrons. The Kier molecular flexibility index (Phi) is 5.61. The minimum absolute atomic E-state index is 0.593. The highest BCUT2D eigenvalue weighted by molar-refractivity contribution is 7.99. The van der Waals surface area contributed by atoms with Gasteiger partial charge in [-0.15, -0.1) is 11.3 Å². The first-order chi connectivity index (χ1) is 10.4. The summed E-state index contributed by atoms with van der Waals surface area (Å²) in [6, 6.07) is 9.38. The minimum atomic E-state index is 0.593. The summed E-state index contributed by atoms with van der Waals surface area (Å²) in [5.41, 5.74) is 1.51. The lowest BCUT2D eigenvalue weighted by Gasteiger charge is -2.24. The average Bonchev–Trinajstić information content (AvgIpc) is 2.95. The largest absolute Gasteiger partial charge is 0.316 e. The van der Waals surface area contributed by atoms with Gasteiger partial charge in [0.05, 0.1) is 0 Å². The summed E-state index contributed by atoms with van der Waals surface area (Å²) in [5, 5.41) is 8.24. The van der Waals surface area contributed by atoms with Crippen molar-refractivity contribution in [1.29, 1.82) is 0 Å². The predicted octanol–water partition coefficient (Wildman–Crippen LogP) is 5.10. The summed E-state index contributed by atoms with van der Waals surface area (Å²) in [5.74, 6) is 1.24. The summed E-state index contributed by atoms with van der Waals surface area (Å²) < 4.78 is 1.42. The molecule has 21 heavy (non-hydrogen) atoms. The maximum Gasteiger partial charge on any atom is 0.0345 e. The van der Waals surface area contributed by atoms with Gasteiger partial charge in [-0.2, -0.15) is 11.8 Å². The molecular weight excluding hydrogens is 294 g/mol. The van der Waals surface area contributed by atoms with Crippen molar-refractivity contribution in [1.82, 2.24) is 5.32 Å². The van der Waals surface area contributed by atoms with E-state index in [2.05, 4.69) is 53.8 Å². The van der Waals surface area contributed by atoms with E-state index in [9.17, 15) is 0 Å². The SMILES string of the molecule is CNC(CSC1CCCCC1)Cc1csc2ccccc12. The molecule has 0 aliphatic heterocycles. The van der Waals surface area contributed by atoms with Crippen LogP contribution in [0.5, 0.6) is 0 Å². The number of benzene rings is 1. The number of thioether (sulfide) groups is 1. The van der Waals surface area contributed by atoms with Crippen LogP contribution in [0.1, 0.15) is 37.7 Å². The molecule has 1 atom stereocenters. The number of rotatable bonds is 6. The summed E-state index contributed by atoms with van der Waals surface area (Å²) >= 11 is 4.08. The van der Waals surface area contributed by atoms with Crippen LogP contribution in [0, 0.1) is 0 Å². The topological polar surface area (TPSA) is 12.0 Å². The van der Waals surface area contributed by atoms with Crippen LogP contribution in [-0.4, -0.2) is 24.1 Å². The maximum absolute atomic E-state index is 3.53. The minimum Gasteiger partial charge on any atom is -0.316 e. The van der Waals surface area contributed by atoms with Gasteiger partial charge in [0.1, 0.15) is 0 Å². The van der Waals surface area contributed by atoms with Crippen molar-refractivity contribution >= 4 is 33.2 Å². The molecule has 0 spiro atoms. The molecule has 1 aliphatic carbocycles. The van der Waals surface area contributed by atoms with E-state index in [4.69, 9.17) is 0 Å². The molecule has 1 nitrogen and oxygen atoms in total. The third-order valence-electron chi connectivity index (χ3n) is 4.52. The van der Waals surface area contributed by atoms with Crippen LogP contribution in [-0.2, 0) is 6.42 Å². The van der Waals surface area contributed by atoms with Crippen LogP contribution in [0.15, 0.2) is 29.6 Å². The fraction of sp³-hybridized carbons (Fsp3) is 0.556. The van der Waals surface area contributed by atoms with Crippen LogP contribution >= 0.6 is 23.1 Å². The molecule has 3 heteroatoms. The number of fused-ring (bicyclic) bond motifs is 1. The highest BCUT2D eigenvalue weighted by Crippen LogP contribution is 2.30. The molecule has 0 radical (unpaired) electrons. The zero-order chi connectivity index (χ0) is 14.5. The Hall–Kier alpha value is -0.510. The van der Waals surface area contributed by atoms with Gasteiger partial charge in [-0.05, 0) is 48.7 Å². The van der Waals surface area contributed by atoms with Crippen molar-refractivity contribution in [3.63, 3.8) is 0 Å². The van der Waals surface area contributed by atoms with Crippen LogP contribution in [0.4, 0.5) is 0 Å². The molecule has 2 aromatic rings. The van der Waals surface area contributed by atoms with Crippen molar-refractivity contribution in [3.05, 3.63) is 35.2 Å².